The van der Waals surface area contributed by atoms with Gasteiger partial charge in [-0.2, -0.15) is 0 Å². The number of nitrogens with one attached hydrogen (secondary N) is 1. The highest BCUT2D eigenvalue weighted by atomic mass is 32.1. The molecule has 0 unspecified atom stereocenters. The minimum Gasteiger partial charge on any atom is -0.459 e. The third kappa shape index (κ3) is 3.89. The number of para-hydroxylation sites is 1. The maximum absolute atomic E-state index is 12.0. The minimum atomic E-state index is -0.783. The Bertz CT molecular complexity index is 943. The van der Waals surface area contributed by atoms with Crippen molar-refractivity contribution in [2.45, 2.75) is 13.0 Å². The zero-order chi connectivity index (χ0) is 18.7. The Morgan fingerprint density at radius 2 is 2.08 bits per heavy atom. The van der Waals surface area contributed by atoms with Crippen LogP contribution in [0, 0.1) is 10.1 Å². The van der Waals surface area contributed by atoms with E-state index in [0.717, 1.165) is 5.39 Å². The molecule has 26 heavy (non-hydrogen) atoms. The van der Waals surface area contributed by atoms with Crippen LogP contribution >= 0.6 is 11.3 Å². The lowest BCUT2D eigenvalue weighted by atomic mass is 10.2. The zero-order valence-electron chi connectivity index (χ0n) is 13.6. The molecule has 0 aliphatic heterocycles. The molecule has 1 N–H and O–H groups in total. The largest absolute Gasteiger partial charge is 0.459 e. The Balaban J connectivity index is 1.54. The van der Waals surface area contributed by atoms with Crippen molar-refractivity contribution < 1.29 is 23.7 Å². The van der Waals surface area contributed by atoms with E-state index >= 15 is 0 Å². The Kier molecular flexibility index (Phi) is 4.99. The summed E-state index contributed by atoms with van der Waals surface area (Å²) >= 11 is 0.694. The number of fused-ring (bicyclic) bond motifs is 1. The molecule has 0 spiro atoms. The van der Waals surface area contributed by atoms with E-state index in [1.54, 1.807) is 6.92 Å². The molecule has 9 heteroatoms. The van der Waals surface area contributed by atoms with Gasteiger partial charge in [0.1, 0.15) is 16.2 Å². The molecule has 0 saturated carbocycles. The Labute approximate surface area is 151 Å². The first-order valence-electron chi connectivity index (χ1n) is 7.63. The number of nitro groups is 1. The van der Waals surface area contributed by atoms with Gasteiger partial charge in [0.05, 0.1) is 11.0 Å². The molecule has 0 radical (unpaired) electrons. The van der Waals surface area contributed by atoms with E-state index in [-0.39, 0.29) is 9.88 Å². The summed E-state index contributed by atoms with van der Waals surface area (Å²) in [6, 6.07) is 11.4. The summed E-state index contributed by atoms with van der Waals surface area (Å²) in [5.74, 6) is -0.702. The summed E-state index contributed by atoms with van der Waals surface area (Å²) in [5, 5.41) is 14.0. The Hall–Kier alpha value is -3.20. The molecule has 1 amide bonds. The van der Waals surface area contributed by atoms with Gasteiger partial charge in [0.15, 0.2) is 6.61 Å². The molecule has 134 valence electrons. The second-order valence-corrected chi connectivity index (χ2v) is 6.51. The second kappa shape index (κ2) is 7.36. The average molecular weight is 374 g/mol. The van der Waals surface area contributed by atoms with Gasteiger partial charge in [-0.3, -0.25) is 14.9 Å². The van der Waals surface area contributed by atoms with Crippen molar-refractivity contribution in [3.8, 4) is 0 Å². The molecule has 1 atom stereocenters. The molecule has 0 aliphatic carbocycles. The van der Waals surface area contributed by atoms with Gasteiger partial charge in [-0.05, 0) is 25.1 Å². The fraction of sp³-hybridized carbons (Fsp3) is 0.176. The summed E-state index contributed by atoms with van der Waals surface area (Å²) in [6.07, 6.45) is 0. The van der Waals surface area contributed by atoms with Gasteiger partial charge in [0.2, 0.25) is 0 Å². The first kappa shape index (κ1) is 17.6. The number of rotatable bonds is 6. The van der Waals surface area contributed by atoms with Crippen LogP contribution in [-0.4, -0.2) is 23.4 Å². The topological polar surface area (TPSA) is 112 Å². The highest BCUT2D eigenvalue weighted by Crippen LogP contribution is 2.25. The standard InChI is InChI=1S/C17H14N2O6S/c1-10(13-8-11-4-2-3-5-12(11)25-13)18-15(20)9-24-17(21)14-6-7-16(26-14)19(22)23/h2-8,10H,9H2,1H3,(H,18,20)/t10-/m0/s1. The quantitative estimate of drug-likeness (QED) is 0.402. The molecule has 0 fully saturated rings. The number of benzene rings is 1. The number of carbonyl (C=O) groups is 2. The van der Waals surface area contributed by atoms with Gasteiger partial charge >= 0.3 is 11.0 Å². The van der Waals surface area contributed by atoms with Crippen LogP contribution in [0.4, 0.5) is 5.00 Å². The van der Waals surface area contributed by atoms with Gasteiger partial charge in [-0.15, -0.1) is 0 Å². The number of hydrogen-bond donors (Lipinski definition) is 1. The molecular formula is C17H14N2O6S. The SMILES string of the molecule is C[C@H](NC(=O)COC(=O)c1ccc([N+](=O)[O-])s1)c1cc2ccccc2o1. The van der Waals surface area contributed by atoms with E-state index in [0.29, 0.717) is 22.7 Å². The number of hydrogen-bond acceptors (Lipinski definition) is 7. The normalized spacial score (nSPS) is 11.9. The van der Waals surface area contributed by atoms with Crippen LogP contribution in [0.15, 0.2) is 46.9 Å². The summed E-state index contributed by atoms with van der Waals surface area (Å²) in [6.45, 7) is 1.26. The van der Waals surface area contributed by atoms with E-state index < -0.39 is 29.4 Å². The lowest BCUT2D eigenvalue weighted by molar-refractivity contribution is -0.380. The van der Waals surface area contributed by atoms with Gasteiger partial charge < -0.3 is 14.5 Å². The van der Waals surface area contributed by atoms with E-state index in [4.69, 9.17) is 9.15 Å². The highest BCUT2D eigenvalue weighted by molar-refractivity contribution is 7.17. The number of thiophene rings is 1. The maximum Gasteiger partial charge on any atom is 0.349 e. The monoisotopic (exact) mass is 374 g/mol. The number of carbonyl (C=O) groups excluding carboxylic acids is 2. The second-order valence-electron chi connectivity index (χ2n) is 5.45. The molecule has 0 aliphatic rings. The van der Waals surface area contributed by atoms with Crippen LogP contribution in [0.25, 0.3) is 11.0 Å². The van der Waals surface area contributed by atoms with Crippen LogP contribution in [0.2, 0.25) is 0 Å². The molecule has 2 aromatic heterocycles. The highest BCUT2D eigenvalue weighted by Gasteiger charge is 2.19. The molecule has 1 aromatic carbocycles. The van der Waals surface area contributed by atoms with Crippen molar-refractivity contribution in [3.05, 3.63) is 63.2 Å². The van der Waals surface area contributed by atoms with Crippen molar-refractivity contribution in [1.82, 2.24) is 5.32 Å². The minimum absolute atomic E-state index is 0.0647. The number of furan rings is 1. The molecule has 8 nitrogen and oxygen atoms in total. The number of amides is 1. The fourth-order valence-corrected chi connectivity index (χ4v) is 3.02. The van der Waals surface area contributed by atoms with Gasteiger partial charge in [0.25, 0.3) is 5.91 Å². The lowest BCUT2D eigenvalue weighted by Crippen LogP contribution is -2.30. The van der Waals surface area contributed by atoms with Crippen molar-refractivity contribution >= 4 is 39.2 Å². The molecule has 0 bridgehead atoms. The molecule has 3 aromatic rings. The van der Waals surface area contributed by atoms with Crippen LogP contribution < -0.4 is 5.32 Å². The molecule has 3 rings (SSSR count). The molecule has 2 heterocycles. The van der Waals surface area contributed by atoms with Gasteiger partial charge in [-0.1, -0.05) is 29.5 Å². The average Bonchev–Trinajstić information content (AvgIpc) is 3.26. The summed E-state index contributed by atoms with van der Waals surface area (Å²) in [5.41, 5.74) is 0.717. The van der Waals surface area contributed by atoms with E-state index in [1.165, 1.54) is 12.1 Å². The zero-order valence-corrected chi connectivity index (χ0v) is 14.4. The van der Waals surface area contributed by atoms with Gasteiger partial charge in [-0.25, -0.2) is 4.79 Å². The summed E-state index contributed by atoms with van der Waals surface area (Å²) in [7, 11) is 0. The first-order valence-corrected chi connectivity index (χ1v) is 8.45. The Morgan fingerprint density at radius 3 is 2.77 bits per heavy atom. The third-order valence-corrected chi connectivity index (χ3v) is 4.57. The Morgan fingerprint density at radius 1 is 1.31 bits per heavy atom. The van der Waals surface area contributed by atoms with Crippen molar-refractivity contribution in [1.29, 1.82) is 0 Å². The van der Waals surface area contributed by atoms with Crippen molar-refractivity contribution in [2.75, 3.05) is 6.61 Å². The summed E-state index contributed by atoms with van der Waals surface area (Å²) in [4.78, 5) is 33.9. The van der Waals surface area contributed by atoms with Crippen molar-refractivity contribution in [3.63, 3.8) is 0 Å². The molecule has 0 saturated heterocycles. The first-order chi connectivity index (χ1) is 12.4. The molecular weight excluding hydrogens is 360 g/mol. The van der Waals surface area contributed by atoms with E-state index in [2.05, 4.69) is 5.32 Å². The summed E-state index contributed by atoms with van der Waals surface area (Å²) < 4.78 is 10.6. The van der Waals surface area contributed by atoms with Crippen molar-refractivity contribution in [2.24, 2.45) is 0 Å². The number of nitrogens with zero attached hydrogens (tertiary/aromatic N) is 1. The van der Waals surface area contributed by atoms with Crippen LogP contribution in [0.1, 0.15) is 28.4 Å². The fourth-order valence-electron chi connectivity index (χ4n) is 2.31. The third-order valence-electron chi connectivity index (χ3n) is 3.56. The predicted octanol–water partition coefficient (Wildman–Crippen LogP) is 3.44. The van der Waals surface area contributed by atoms with Crippen LogP contribution in [0.5, 0.6) is 0 Å². The van der Waals surface area contributed by atoms with E-state index in [9.17, 15) is 19.7 Å². The lowest BCUT2D eigenvalue weighted by Gasteiger charge is -2.11. The van der Waals surface area contributed by atoms with Crippen LogP contribution in [-0.2, 0) is 9.53 Å². The van der Waals surface area contributed by atoms with Gasteiger partial charge in [0, 0.05) is 11.5 Å². The van der Waals surface area contributed by atoms with E-state index in [1.807, 2.05) is 30.3 Å². The number of esters is 1. The smallest absolute Gasteiger partial charge is 0.349 e. The predicted molar refractivity (Wildman–Crippen MR) is 94.0 cm³/mol. The van der Waals surface area contributed by atoms with Crippen LogP contribution in [0.3, 0.4) is 0 Å². The maximum atomic E-state index is 12.0. The number of ether oxygens (including phenoxy) is 1.